The number of rotatable bonds is 8. The van der Waals surface area contributed by atoms with Crippen molar-refractivity contribution in [2.75, 3.05) is 11.1 Å². The van der Waals surface area contributed by atoms with E-state index < -0.39 is 22.0 Å². The van der Waals surface area contributed by atoms with E-state index >= 15 is 0 Å². The fourth-order valence-electron chi connectivity index (χ4n) is 1.98. The van der Waals surface area contributed by atoms with Gasteiger partial charge in [-0.3, -0.25) is 19.7 Å². The summed E-state index contributed by atoms with van der Waals surface area (Å²) in [7, 11) is 0. The highest BCUT2D eigenvalue weighted by Gasteiger charge is 2.17. The van der Waals surface area contributed by atoms with Gasteiger partial charge < -0.3 is 10.1 Å². The minimum absolute atomic E-state index is 0.0104. The van der Waals surface area contributed by atoms with E-state index in [9.17, 15) is 24.1 Å². The van der Waals surface area contributed by atoms with E-state index in [1.807, 2.05) is 0 Å². The Labute approximate surface area is 159 Å². The molecule has 142 valence electrons. The quantitative estimate of drug-likeness (QED) is 0.419. The average molecular weight is 392 g/mol. The number of nitro benzene ring substituents is 1. The number of ether oxygens (including phenoxy) is 1. The van der Waals surface area contributed by atoms with Crippen molar-refractivity contribution >= 4 is 35.0 Å². The van der Waals surface area contributed by atoms with Crippen molar-refractivity contribution in [1.82, 2.24) is 0 Å². The Morgan fingerprint density at radius 3 is 2.41 bits per heavy atom. The number of nitrogens with one attached hydrogen (secondary N) is 1. The zero-order chi connectivity index (χ0) is 19.8. The number of nitro groups is 1. The average Bonchev–Trinajstić information content (AvgIpc) is 2.66. The third-order valence-electron chi connectivity index (χ3n) is 3.45. The minimum Gasteiger partial charge on any atom is -0.460 e. The second-order valence-corrected chi connectivity index (χ2v) is 6.87. The second kappa shape index (κ2) is 9.67. The van der Waals surface area contributed by atoms with Gasteiger partial charge in [0.2, 0.25) is 5.91 Å². The lowest BCUT2D eigenvalue weighted by molar-refractivity contribution is -0.384. The van der Waals surface area contributed by atoms with E-state index in [1.165, 1.54) is 48.5 Å². The van der Waals surface area contributed by atoms with Crippen LogP contribution in [0.1, 0.15) is 12.5 Å². The Morgan fingerprint density at radius 2 is 1.81 bits per heavy atom. The molecular formula is C18H17FN2O5S. The molecule has 0 spiro atoms. The molecule has 0 saturated carbocycles. The summed E-state index contributed by atoms with van der Waals surface area (Å²) < 4.78 is 18.0. The van der Waals surface area contributed by atoms with Gasteiger partial charge in [0.25, 0.3) is 5.69 Å². The molecule has 0 aliphatic carbocycles. The first-order valence-corrected chi connectivity index (χ1v) is 8.97. The smallest absolute Gasteiger partial charge is 0.319 e. The van der Waals surface area contributed by atoms with Crippen molar-refractivity contribution in [3.8, 4) is 0 Å². The molecule has 7 nitrogen and oxygen atoms in total. The predicted octanol–water partition coefficient (Wildman–Crippen LogP) is 3.54. The van der Waals surface area contributed by atoms with Gasteiger partial charge in [-0.2, -0.15) is 0 Å². The van der Waals surface area contributed by atoms with Gasteiger partial charge >= 0.3 is 5.97 Å². The SMILES string of the molecule is C[C@H](SCC(=O)Nc1ccc(F)cc1)C(=O)OCc1ccc([N+](=O)[O-])cc1. The van der Waals surface area contributed by atoms with Crippen molar-refractivity contribution in [2.24, 2.45) is 0 Å². The molecule has 2 aromatic carbocycles. The van der Waals surface area contributed by atoms with Gasteiger partial charge in [0.15, 0.2) is 0 Å². The molecule has 0 aromatic heterocycles. The van der Waals surface area contributed by atoms with Crippen LogP contribution in [-0.2, 0) is 20.9 Å². The third kappa shape index (κ3) is 6.70. The van der Waals surface area contributed by atoms with Gasteiger partial charge in [-0.05, 0) is 48.9 Å². The highest BCUT2D eigenvalue weighted by molar-refractivity contribution is 8.01. The summed E-state index contributed by atoms with van der Waals surface area (Å²) in [4.78, 5) is 33.9. The van der Waals surface area contributed by atoms with Crippen LogP contribution in [0.2, 0.25) is 0 Å². The lowest BCUT2D eigenvalue weighted by atomic mass is 10.2. The maximum atomic E-state index is 12.8. The van der Waals surface area contributed by atoms with Crippen LogP contribution >= 0.6 is 11.8 Å². The summed E-state index contributed by atoms with van der Waals surface area (Å²) in [6, 6.07) is 11.1. The molecule has 0 radical (unpaired) electrons. The molecule has 0 aliphatic rings. The van der Waals surface area contributed by atoms with Crippen LogP contribution in [0, 0.1) is 15.9 Å². The molecular weight excluding hydrogens is 375 g/mol. The Balaban J connectivity index is 1.73. The number of amides is 1. The maximum absolute atomic E-state index is 12.8. The zero-order valence-electron chi connectivity index (χ0n) is 14.4. The van der Waals surface area contributed by atoms with Gasteiger partial charge in [-0.25, -0.2) is 4.39 Å². The van der Waals surface area contributed by atoms with Gasteiger partial charge in [0.05, 0.1) is 10.7 Å². The summed E-state index contributed by atoms with van der Waals surface area (Å²) >= 11 is 1.11. The van der Waals surface area contributed by atoms with E-state index in [-0.39, 0.29) is 24.0 Å². The van der Waals surface area contributed by atoms with Crippen molar-refractivity contribution in [3.05, 3.63) is 70.0 Å². The number of esters is 1. The van der Waals surface area contributed by atoms with Crippen LogP contribution in [-0.4, -0.2) is 27.8 Å². The third-order valence-corrected chi connectivity index (χ3v) is 4.57. The molecule has 0 aliphatic heterocycles. The number of halogens is 1. The van der Waals surface area contributed by atoms with Crippen molar-refractivity contribution in [3.63, 3.8) is 0 Å². The number of non-ortho nitro benzene ring substituents is 1. The molecule has 2 rings (SSSR count). The van der Waals surface area contributed by atoms with Crippen molar-refractivity contribution in [2.45, 2.75) is 18.8 Å². The monoisotopic (exact) mass is 392 g/mol. The molecule has 1 N–H and O–H groups in total. The molecule has 9 heteroatoms. The molecule has 0 fully saturated rings. The molecule has 27 heavy (non-hydrogen) atoms. The summed E-state index contributed by atoms with van der Waals surface area (Å²) in [5.41, 5.74) is 1.05. The number of anilines is 1. The molecule has 0 bridgehead atoms. The zero-order valence-corrected chi connectivity index (χ0v) is 15.2. The van der Waals surface area contributed by atoms with E-state index in [4.69, 9.17) is 4.74 Å². The second-order valence-electron chi connectivity index (χ2n) is 5.54. The Kier molecular flexibility index (Phi) is 7.30. The number of thioether (sulfide) groups is 1. The highest BCUT2D eigenvalue weighted by Crippen LogP contribution is 2.16. The topological polar surface area (TPSA) is 98.5 Å². The minimum atomic E-state index is -0.568. The predicted molar refractivity (Wildman–Crippen MR) is 99.8 cm³/mol. The molecule has 0 heterocycles. The first-order valence-electron chi connectivity index (χ1n) is 7.92. The summed E-state index contributed by atoms with van der Waals surface area (Å²) in [5, 5.41) is 12.6. The normalized spacial score (nSPS) is 11.5. The summed E-state index contributed by atoms with van der Waals surface area (Å²) in [5.74, 6) is -1.17. The lowest BCUT2D eigenvalue weighted by Crippen LogP contribution is -2.21. The first kappa shape index (κ1) is 20.4. The molecule has 1 atom stereocenters. The van der Waals surface area contributed by atoms with E-state index in [2.05, 4.69) is 5.32 Å². The Hall–Kier alpha value is -2.94. The van der Waals surface area contributed by atoms with Gasteiger partial charge in [0.1, 0.15) is 17.7 Å². The molecule has 1 amide bonds. The van der Waals surface area contributed by atoms with E-state index in [0.717, 1.165) is 11.8 Å². The number of benzene rings is 2. The van der Waals surface area contributed by atoms with E-state index in [0.29, 0.717) is 11.3 Å². The van der Waals surface area contributed by atoms with Gasteiger partial charge in [-0.15, -0.1) is 11.8 Å². The van der Waals surface area contributed by atoms with Gasteiger partial charge in [-0.1, -0.05) is 0 Å². The number of carbonyl (C=O) groups is 2. The van der Waals surface area contributed by atoms with Gasteiger partial charge in [0, 0.05) is 17.8 Å². The largest absolute Gasteiger partial charge is 0.460 e. The lowest BCUT2D eigenvalue weighted by Gasteiger charge is -2.11. The fourth-order valence-corrected chi connectivity index (χ4v) is 2.66. The van der Waals surface area contributed by atoms with Crippen molar-refractivity contribution in [1.29, 1.82) is 0 Å². The van der Waals surface area contributed by atoms with Crippen LogP contribution in [0.5, 0.6) is 0 Å². The summed E-state index contributed by atoms with van der Waals surface area (Å²) in [6.07, 6.45) is 0. The van der Waals surface area contributed by atoms with Crippen LogP contribution in [0.4, 0.5) is 15.8 Å². The fraction of sp³-hybridized carbons (Fsp3) is 0.222. The maximum Gasteiger partial charge on any atom is 0.319 e. The number of hydrogen-bond donors (Lipinski definition) is 1. The van der Waals surface area contributed by atoms with Crippen LogP contribution in [0.3, 0.4) is 0 Å². The molecule has 0 saturated heterocycles. The number of nitrogens with zero attached hydrogens (tertiary/aromatic N) is 1. The highest BCUT2D eigenvalue weighted by atomic mass is 32.2. The molecule has 2 aromatic rings. The Morgan fingerprint density at radius 1 is 1.19 bits per heavy atom. The molecule has 0 unspecified atom stereocenters. The number of carbonyl (C=O) groups excluding carboxylic acids is 2. The van der Waals surface area contributed by atoms with Crippen LogP contribution in [0.25, 0.3) is 0 Å². The Bertz CT molecular complexity index is 812. The first-order chi connectivity index (χ1) is 12.8. The standard InChI is InChI=1S/C18H17FN2O5S/c1-12(27-11-17(22)20-15-6-4-14(19)5-7-15)18(23)26-10-13-2-8-16(9-3-13)21(24)25/h2-9,12H,10-11H2,1H3,(H,20,22)/t12-/m0/s1. The van der Waals surface area contributed by atoms with Crippen LogP contribution in [0.15, 0.2) is 48.5 Å². The van der Waals surface area contributed by atoms with Crippen LogP contribution < -0.4 is 5.32 Å². The number of hydrogen-bond acceptors (Lipinski definition) is 6. The van der Waals surface area contributed by atoms with Crippen molar-refractivity contribution < 1.29 is 23.6 Å². The van der Waals surface area contributed by atoms with E-state index in [1.54, 1.807) is 6.92 Å². The summed E-state index contributed by atoms with van der Waals surface area (Å²) in [6.45, 7) is 1.61.